The molecule has 4 nitrogen and oxygen atoms in total. The monoisotopic (exact) mass is 284 g/mol. The second-order valence-electron chi connectivity index (χ2n) is 4.57. The fourth-order valence-corrected chi connectivity index (χ4v) is 1.86. The molecule has 0 heterocycles. The fraction of sp³-hybridized carbons (Fsp3) is 0.176. The first kappa shape index (κ1) is 14.8. The predicted octanol–water partition coefficient (Wildman–Crippen LogP) is 2.99. The molecule has 0 unspecified atom stereocenters. The smallest absolute Gasteiger partial charge is 0.342 e. The topological polar surface area (TPSA) is 63.6 Å². The van der Waals surface area contributed by atoms with Crippen LogP contribution in [0.1, 0.15) is 33.2 Å². The van der Waals surface area contributed by atoms with Gasteiger partial charge in [0.25, 0.3) is 0 Å². The van der Waals surface area contributed by atoms with Crippen molar-refractivity contribution in [2.45, 2.75) is 13.3 Å². The van der Waals surface area contributed by atoms with Gasteiger partial charge in [-0.05, 0) is 24.1 Å². The molecule has 2 rings (SSSR count). The fourth-order valence-electron chi connectivity index (χ4n) is 1.86. The van der Waals surface area contributed by atoms with Gasteiger partial charge in [-0.3, -0.25) is 4.79 Å². The van der Waals surface area contributed by atoms with E-state index in [0.29, 0.717) is 5.56 Å². The van der Waals surface area contributed by atoms with Crippen LogP contribution in [-0.4, -0.2) is 23.5 Å². The van der Waals surface area contributed by atoms with Crippen LogP contribution >= 0.6 is 0 Å². The Labute approximate surface area is 123 Å². The summed E-state index contributed by atoms with van der Waals surface area (Å²) in [5.41, 5.74) is 1.68. The van der Waals surface area contributed by atoms with E-state index in [1.807, 2.05) is 19.1 Å². The molecule has 0 aliphatic carbocycles. The highest BCUT2D eigenvalue weighted by Gasteiger charge is 2.14. The molecule has 0 aliphatic rings. The van der Waals surface area contributed by atoms with Crippen molar-refractivity contribution in [2.24, 2.45) is 0 Å². The van der Waals surface area contributed by atoms with Crippen LogP contribution in [0.3, 0.4) is 0 Å². The molecule has 0 saturated carbocycles. The number of carbonyl (C=O) groups is 2. The Bertz CT molecular complexity index is 644. The van der Waals surface area contributed by atoms with Crippen molar-refractivity contribution in [1.82, 2.24) is 0 Å². The molecule has 0 amide bonds. The molecule has 0 bridgehead atoms. The van der Waals surface area contributed by atoms with Crippen LogP contribution in [0.25, 0.3) is 0 Å². The third-order valence-electron chi connectivity index (χ3n) is 3.14. The van der Waals surface area contributed by atoms with Gasteiger partial charge in [-0.25, -0.2) is 4.79 Å². The molecule has 21 heavy (non-hydrogen) atoms. The van der Waals surface area contributed by atoms with Gasteiger partial charge in [-0.2, -0.15) is 0 Å². The number of rotatable bonds is 5. The van der Waals surface area contributed by atoms with Gasteiger partial charge in [-0.15, -0.1) is 0 Å². The first-order valence-corrected chi connectivity index (χ1v) is 6.69. The number of para-hydroxylation sites is 1. The number of ketones is 1. The maximum atomic E-state index is 11.9. The highest BCUT2D eigenvalue weighted by atomic mass is 16.5. The second-order valence-corrected chi connectivity index (χ2v) is 4.57. The molecular formula is C17H16O4. The molecule has 0 spiro atoms. The van der Waals surface area contributed by atoms with Gasteiger partial charge in [0, 0.05) is 5.56 Å². The zero-order chi connectivity index (χ0) is 15.2. The number of ether oxygens (including phenoxy) is 1. The van der Waals surface area contributed by atoms with E-state index in [9.17, 15) is 14.7 Å². The molecule has 0 atom stereocenters. The molecule has 0 aliphatic heterocycles. The summed E-state index contributed by atoms with van der Waals surface area (Å²) in [5.74, 6) is -1.16. The summed E-state index contributed by atoms with van der Waals surface area (Å²) in [5, 5.41) is 9.54. The summed E-state index contributed by atoms with van der Waals surface area (Å²) in [6.45, 7) is 1.68. The lowest BCUT2D eigenvalue weighted by atomic mass is 10.1. The molecule has 2 aromatic rings. The zero-order valence-electron chi connectivity index (χ0n) is 11.7. The normalized spacial score (nSPS) is 10.1. The lowest BCUT2D eigenvalue weighted by Gasteiger charge is -2.06. The van der Waals surface area contributed by atoms with Gasteiger partial charge in [-0.1, -0.05) is 43.3 Å². The summed E-state index contributed by atoms with van der Waals surface area (Å²) >= 11 is 0. The minimum atomic E-state index is -0.716. The Morgan fingerprint density at radius 1 is 1.05 bits per heavy atom. The van der Waals surface area contributed by atoms with Crippen molar-refractivity contribution >= 4 is 11.8 Å². The van der Waals surface area contributed by atoms with E-state index < -0.39 is 5.97 Å². The maximum Gasteiger partial charge on any atom is 0.342 e. The number of carbonyl (C=O) groups excluding carboxylic acids is 2. The molecular weight excluding hydrogens is 268 g/mol. The molecule has 0 radical (unpaired) electrons. The Hall–Kier alpha value is -2.62. The van der Waals surface area contributed by atoms with Gasteiger partial charge in [0.15, 0.2) is 12.4 Å². The summed E-state index contributed by atoms with van der Waals surface area (Å²) in [4.78, 5) is 23.7. The SMILES string of the molecule is CCc1ccc(C(=O)COC(=O)c2ccccc2O)cc1. The van der Waals surface area contributed by atoms with Gasteiger partial charge in [0.05, 0.1) is 0 Å². The van der Waals surface area contributed by atoms with Crippen LogP contribution in [0.2, 0.25) is 0 Å². The maximum absolute atomic E-state index is 11.9. The van der Waals surface area contributed by atoms with Gasteiger partial charge >= 0.3 is 5.97 Å². The summed E-state index contributed by atoms with van der Waals surface area (Å²) < 4.78 is 4.93. The Morgan fingerprint density at radius 3 is 2.33 bits per heavy atom. The third-order valence-corrected chi connectivity index (χ3v) is 3.14. The van der Waals surface area contributed by atoms with Crippen molar-refractivity contribution in [3.63, 3.8) is 0 Å². The second kappa shape index (κ2) is 6.70. The number of Topliss-reactive ketones (excluding diaryl/α,β-unsaturated/α-hetero) is 1. The lowest BCUT2D eigenvalue weighted by Crippen LogP contribution is -2.14. The predicted molar refractivity (Wildman–Crippen MR) is 78.5 cm³/mol. The number of aryl methyl sites for hydroxylation is 1. The standard InChI is InChI=1S/C17H16O4/c1-2-12-7-9-13(10-8-12)16(19)11-21-17(20)14-5-3-4-6-15(14)18/h3-10,18H,2,11H2,1H3. The average molecular weight is 284 g/mol. The van der Waals surface area contributed by atoms with Crippen LogP contribution < -0.4 is 0 Å². The van der Waals surface area contributed by atoms with Crippen LogP contribution in [0, 0.1) is 0 Å². The molecule has 0 aromatic heterocycles. The quantitative estimate of drug-likeness (QED) is 0.677. The van der Waals surface area contributed by atoms with Crippen molar-refractivity contribution < 1.29 is 19.4 Å². The minimum Gasteiger partial charge on any atom is -0.507 e. The number of aromatic hydroxyl groups is 1. The molecule has 0 saturated heterocycles. The molecule has 1 N–H and O–H groups in total. The highest BCUT2D eigenvalue weighted by molar-refractivity contribution is 5.99. The first-order chi connectivity index (χ1) is 10.1. The van der Waals surface area contributed by atoms with E-state index in [2.05, 4.69) is 0 Å². The number of benzene rings is 2. The Balaban J connectivity index is 1.97. The summed E-state index contributed by atoms with van der Waals surface area (Å²) in [6.07, 6.45) is 0.900. The summed E-state index contributed by atoms with van der Waals surface area (Å²) in [7, 11) is 0. The van der Waals surface area contributed by atoms with Gasteiger partial charge in [0.2, 0.25) is 0 Å². The minimum absolute atomic E-state index is 0.0478. The number of hydrogen-bond donors (Lipinski definition) is 1. The lowest BCUT2D eigenvalue weighted by molar-refractivity contribution is 0.0472. The van der Waals surface area contributed by atoms with Gasteiger partial charge < -0.3 is 9.84 Å². The van der Waals surface area contributed by atoms with E-state index in [-0.39, 0.29) is 23.7 Å². The van der Waals surface area contributed by atoms with Crippen molar-refractivity contribution in [2.75, 3.05) is 6.61 Å². The van der Waals surface area contributed by atoms with E-state index in [1.54, 1.807) is 24.3 Å². The van der Waals surface area contributed by atoms with Crippen LogP contribution in [0.4, 0.5) is 0 Å². The zero-order valence-corrected chi connectivity index (χ0v) is 11.7. The van der Waals surface area contributed by atoms with E-state index in [4.69, 9.17) is 4.74 Å². The van der Waals surface area contributed by atoms with E-state index in [1.165, 1.54) is 12.1 Å². The molecule has 0 fully saturated rings. The number of esters is 1. The van der Waals surface area contributed by atoms with Crippen molar-refractivity contribution in [1.29, 1.82) is 0 Å². The van der Waals surface area contributed by atoms with Crippen molar-refractivity contribution in [3.8, 4) is 5.75 Å². The summed E-state index contributed by atoms with van der Waals surface area (Å²) in [6, 6.07) is 13.2. The Kier molecular flexibility index (Phi) is 4.72. The van der Waals surface area contributed by atoms with E-state index in [0.717, 1.165) is 12.0 Å². The Morgan fingerprint density at radius 2 is 1.71 bits per heavy atom. The van der Waals surface area contributed by atoms with Crippen molar-refractivity contribution in [3.05, 3.63) is 65.2 Å². The number of phenolic OH excluding ortho intramolecular Hbond substituents is 1. The number of phenols is 1. The third kappa shape index (κ3) is 3.69. The first-order valence-electron chi connectivity index (χ1n) is 6.69. The number of hydrogen-bond acceptors (Lipinski definition) is 4. The van der Waals surface area contributed by atoms with Gasteiger partial charge in [0.1, 0.15) is 11.3 Å². The molecule has 4 heteroatoms. The highest BCUT2D eigenvalue weighted by Crippen LogP contribution is 2.16. The van der Waals surface area contributed by atoms with E-state index >= 15 is 0 Å². The van der Waals surface area contributed by atoms with Crippen LogP contribution in [0.15, 0.2) is 48.5 Å². The van der Waals surface area contributed by atoms with Crippen LogP contribution in [0.5, 0.6) is 5.75 Å². The molecule has 2 aromatic carbocycles. The molecule has 108 valence electrons. The van der Waals surface area contributed by atoms with Crippen LogP contribution in [-0.2, 0) is 11.2 Å². The largest absolute Gasteiger partial charge is 0.507 e. The average Bonchev–Trinajstić information content (AvgIpc) is 2.52.